The fraction of sp³-hybridized carbons (Fsp3) is 0.800. The van der Waals surface area contributed by atoms with E-state index in [2.05, 4.69) is 9.53 Å². The zero-order chi connectivity index (χ0) is 11.9. The van der Waals surface area contributed by atoms with Crippen molar-refractivity contribution in [2.75, 3.05) is 6.61 Å². The monoisotopic (exact) mass is 214 g/mol. The van der Waals surface area contributed by atoms with E-state index in [-0.39, 0.29) is 12.3 Å². The predicted molar refractivity (Wildman–Crippen MR) is 55.4 cm³/mol. The molecule has 0 amide bonds. The molecular formula is C10H18N2O3. The van der Waals surface area contributed by atoms with Crippen LogP contribution in [0.5, 0.6) is 0 Å². The third-order valence-corrected chi connectivity index (χ3v) is 2.10. The molecule has 0 radical (unpaired) electrons. The second kappa shape index (κ2) is 6.32. The minimum absolute atomic E-state index is 0.182. The van der Waals surface area contributed by atoms with Gasteiger partial charge in [-0.25, -0.2) is 4.79 Å². The standard InChI is InChI=1S/C10H18N2O3/c1-4-6-7-10(3,14)8(12-11)9(13)15-5-2/h14H,4-7H2,1-3H3. The lowest BCUT2D eigenvalue weighted by atomic mass is 9.93. The summed E-state index contributed by atoms with van der Waals surface area (Å²) in [6.07, 6.45) is 1.99. The van der Waals surface area contributed by atoms with Crippen LogP contribution in [0.2, 0.25) is 0 Å². The summed E-state index contributed by atoms with van der Waals surface area (Å²) in [7, 11) is 0. The van der Waals surface area contributed by atoms with E-state index in [1.165, 1.54) is 6.92 Å². The number of aliphatic hydroxyl groups is 1. The number of nitrogens with zero attached hydrogens (tertiary/aromatic N) is 2. The van der Waals surface area contributed by atoms with Crippen LogP contribution in [0.4, 0.5) is 0 Å². The predicted octanol–water partition coefficient (Wildman–Crippen LogP) is 1.16. The molecule has 1 unspecified atom stereocenters. The molecule has 0 saturated heterocycles. The second-order valence-corrected chi connectivity index (χ2v) is 3.55. The Morgan fingerprint density at radius 2 is 2.13 bits per heavy atom. The highest BCUT2D eigenvalue weighted by molar-refractivity contribution is 6.37. The zero-order valence-electron chi connectivity index (χ0n) is 9.49. The number of hydrogen-bond donors (Lipinski definition) is 1. The third-order valence-electron chi connectivity index (χ3n) is 2.10. The van der Waals surface area contributed by atoms with E-state index in [0.29, 0.717) is 6.42 Å². The molecular weight excluding hydrogens is 196 g/mol. The van der Waals surface area contributed by atoms with Gasteiger partial charge in [-0.2, -0.15) is 4.79 Å². The molecule has 5 nitrogen and oxygen atoms in total. The van der Waals surface area contributed by atoms with Gasteiger partial charge >= 0.3 is 11.7 Å². The number of hydrogen-bond acceptors (Lipinski definition) is 3. The van der Waals surface area contributed by atoms with Crippen LogP contribution in [0.3, 0.4) is 0 Å². The van der Waals surface area contributed by atoms with Crippen molar-refractivity contribution in [3.63, 3.8) is 0 Å². The summed E-state index contributed by atoms with van der Waals surface area (Å²) in [5, 5.41) is 9.91. The number of unbranched alkanes of at least 4 members (excludes halogenated alkanes) is 1. The van der Waals surface area contributed by atoms with Crippen molar-refractivity contribution >= 4 is 11.7 Å². The Hall–Kier alpha value is -1.19. The smallest absolute Gasteiger partial charge is 0.420 e. The highest BCUT2D eigenvalue weighted by Gasteiger charge is 2.41. The van der Waals surface area contributed by atoms with E-state index >= 15 is 0 Å². The molecule has 0 aromatic carbocycles. The summed E-state index contributed by atoms with van der Waals surface area (Å²) in [5.41, 5.74) is 6.92. The first kappa shape index (κ1) is 13.8. The maximum absolute atomic E-state index is 11.3. The molecule has 0 aromatic rings. The second-order valence-electron chi connectivity index (χ2n) is 3.55. The van der Waals surface area contributed by atoms with Gasteiger partial charge < -0.3 is 15.4 Å². The molecule has 86 valence electrons. The van der Waals surface area contributed by atoms with Gasteiger partial charge in [-0.15, -0.1) is 0 Å². The van der Waals surface area contributed by atoms with Crippen molar-refractivity contribution in [3.8, 4) is 0 Å². The van der Waals surface area contributed by atoms with Crippen molar-refractivity contribution in [3.05, 3.63) is 5.53 Å². The largest absolute Gasteiger partial charge is 0.457 e. The summed E-state index contributed by atoms with van der Waals surface area (Å²) >= 11 is 0. The van der Waals surface area contributed by atoms with Crippen LogP contribution < -0.4 is 0 Å². The fourth-order valence-electron chi connectivity index (χ4n) is 1.21. The van der Waals surface area contributed by atoms with Gasteiger partial charge in [0.15, 0.2) is 5.60 Å². The molecule has 0 aliphatic carbocycles. The Morgan fingerprint density at radius 3 is 2.53 bits per heavy atom. The van der Waals surface area contributed by atoms with Gasteiger partial charge in [-0.05, 0) is 20.3 Å². The molecule has 0 fully saturated rings. The summed E-state index contributed by atoms with van der Waals surface area (Å²) in [6, 6.07) is 0. The molecule has 0 heterocycles. The van der Waals surface area contributed by atoms with Gasteiger partial charge in [0.25, 0.3) is 0 Å². The Bertz CT molecular complexity index is 268. The molecule has 0 aliphatic heterocycles. The van der Waals surface area contributed by atoms with E-state index in [9.17, 15) is 9.90 Å². The lowest BCUT2D eigenvalue weighted by molar-refractivity contribution is -0.143. The van der Waals surface area contributed by atoms with Gasteiger partial charge in [0.1, 0.15) is 0 Å². The van der Waals surface area contributed by atoms with Crippen LogP contribution in [-0.4, -0.2) is 33.8 Å². The van der Waals surface area contributed by atoms with Crippen molar-refractivity contribution in [1.29, 1.82) is 0 Å². The third kappa shape index (κ3) is 4.23. The molecule has 0 rings (SSSR count). The van der Waals surface area contributed by atoms with E-state index in [0.717, 1.165) is 12.8 Å². The van der Waals surface area contributed by atoms with Crippen molar-refractivity contribution in [2.24, 2.45) is 0 Å². The van der Waals surface area contributed by atoms with Crippen molar-refractivity contribution in [2.45, 2.75) is 45.6 Å². The molecule has 0 aliphatic rings. The molecule has 0 saturated carbocycles. The van der Waals surface area contributed by atoms with Gasteiger partial charge in [0.2, 0.25) is 0 Å². The molecule has 5 heteroatoms. The number of ether oxygens (including phenoxy) is 1. The first-order valence-corrected chi connectivity index (χ1v) is 5.11. The highest BCUT2D eigenvalue weighted by atomic mass is 16.5. The first-order chi connectivity index (χ1) is 6.99. The van der Waals surface area contributed by atoms with Crippen LogP contribution in [0, 0.1) is 0 Å². The maximum atomic E-state index is 11.3. The lowest BCUT2D eigenvalue weighted by Gasteiger charge is -2.16. The summed E-state index contributed by atoms with van der Waals surface area (Å²) in [4.78, 5) is 14.1. The summed E-state index contributed by atoms with van der Waals surface area (Å²) in [6.45, 7) is 5.24. The average molecular weight is 214 g/mol. The van der Waals surface area contributed by atoms with Gasteiger partial charge in [0, 0.05) is 0 Å². The molecule has 1 atom stereocenters. The quantitative estimate of drug-likeness (QED) is 0.312. The Kier molecular flexibility index (Phi) is 5.82. The minimum atomic E-state index is -1.43. The fourth-order valence-corrected chi connectivity index (χ4v) is 1.21. The average Bonchev–Trinajstić information content (AvgIpc) is 2.16. The van der Waals surface area contributed by atoms with Gasteiger partial charge in [0.05, 0.1) is 6.61 Å². The van der Waals surface area contributed by atoms with E-state index in [1.807, 2.05) is 6.92 Å². The number of rotatable bonds is 6. The van der Waals surface area contributed by atoms with Gasteiger partial charge in [-0.1, -0.05) is 19.8 Å². The van der Waals surface area contributed by atoms with Crippen molar-refractivity contribution in [1.82, 2.24) is 0 Å². The molecule has 0 bridgehead atoms. The van der Waals surface area contributed by atoms with Crippen LogP contribution in [0.15, 0.2) is 0 Å². The SMILES string of the molecule is CCCCC(C)(O)C(=[N+]=[N-])C(=O)OCC. The number of carbonyl (C=O) groups excluding carboxylic acids is 1. The summed E-state index contributed by atoms with van der Waals surface area (Å²) in [5.74, 6) is -0.777. The Morgan fingerprint density at radius 1 is 1.53 bits per heavy atom. The number of esters is 1. The number of carbonyl (C=O) groups is 1. The molecule has 0 aromatic heterocycles. The van der Waals surface area contributed by atoms with Crippen LogP contribution >= 0.6 is 0 Å². The zero-order valence-corrected chi connectivity index (χ0v) is 9.49. The minimum Gasteiger partial charge on any atom is -0.457 e. The topological polar surface area (TPSA) is 82.9 Å². The van der Waals surface area contributed by atoms with Crippen LogP contribution in [0.25, 0.3) is 5.53 Å². The normalized spacial score (nSPS) is 13.9. The first-order valence-electron chi connectivity index (χ1n) is 5.11. The molecule has 0 spiro atoms. The van der Waals surface area contributed by atoms with E-state index < -0.39 is 11.6 Å². The van der Waals surface area contributed by atoms with E-state index in [4.69, 9.17) is 5.53 Å². The molecule has 15 heavy (non-hydrogen) atoms. The Labute approximate surface area is 89.7 Å². The lowest BCUT2D eigenvalue weighted by Crippen LogP contribution is -2.42. The van der Waals surface area contributed by atoms with Crippen LogP contribution in [-0.2, 0) is 9.53 Å². The van der Waals surface area contributed by atoms with Crippen molar-refractivity contribution < 1.29 is 19.4 Å². The summed E-state index contributed by atoms with van der Waals surface area (Å²) < 4.78 is 4.67. The maximum Gasteiger partial charge on any atom is 0.420 e. The van der Waals surface area contributed by atoms with Crippen LogP contribution in [0.1, 0.15) is 40.0 Å². The Balaban J connectivity index is 4.66. The highest BCUT2D eigenvalue weighted by Crippen LogP contribution is 2.15. The van der Waals surface area contributed by atoms with E-state index in [1.54, 1.807) is 6.92 Å². The molecule has 1 N–H and O–H groups in total. The van der Waals surface area contributed by atoms with Gasteiger partial charge in [-0.3, -0.25) is 0 Å².